The Morgan fingerprint density at radius 2 is 1.66 bits per heavy atom. The first-order valence-corrected chi connectivity index (χ1v) is 16.0. The number of thioether (sulfide) groups is 1. The number of halogens is 2. The number of imide groups is 1. The number of thiazole rings is 1. The topological polar surface area (TPSA) is 109 Å². The van der Waals surface area contributed by atoms with E-state index in [9.17, 15) is 19.2 Å². The van der Waals surface area contributed by atoms with Crippen molar-refractivity contribution in [3.63, 3.8) is 0 Å². The van der Waals surface area contributed by atoms with Crippen LogP contribution in [0.25, 0.3) is 10.8 Å². The molecule has 1 saturated heterocycles. The molecule has 5 aromatic rings. The molecule has 0 spiro atoms. The van der Waals surface area contributed by atoms with Crippen LogP contribution in [-0.4, -0.2) is 34.6 Å². The molecule has 2 aliphatic rings. The van der Waals surface area contributed by atoms with Crippen molar-refractivity contribution in [2.45, 2.75) is 16.2 Å². The summed E-state index contributed by atoms with van der Waals surface area (Å²) >= 11 is 14.7. The maximum atomic E-state index is 14.0. The first-order valence-electron chi connectivity index (χ1n) is 13.5. The molecule has 12 heteroatoms. The van der Waals surface area contributed by atoms with E-state index in [1.54, 1.807) is 42.5 Å². The number of aromatic amines is 1. The van der Waals surface area contributed by atoms with Crippen molar-refractivity contribution in [1.82, 2.24) is 4.98 Å². The Labute approximate surface area is 268 Å². The molecule has 2 N–H and O–H groups in total. The molecule has 8 nitrogen and oxygen atoms in total. The highest BCUT2D eigenvalue weighted by molar-refractivity contribution is 8.00. The standard InChI is InChI=1S/C32H21Cl2N3O5S2/c33-17-8-11-19(12-9-17)37-30(39)26-25(27-29(36-32(41)44-27)43-28(26)31(37)40)21-14-18(34)10-13-23(21)42-15-24(38)35-22-7-3-5-16-4-1-2-6-20(16)22/h1-14,25-26,28H,15H2,(H,35,38)(H,36,41)/t25-,26-,28+/m0/s1. The number of rotatable bonds is 6. The minimum atomic E-state index is -0.854. The molecule has 220 valence electrons. The molecule has 0 unspecified atom stereocenters. The highest BCUT2D eigenvalue weighted by Crippen LogP contribution is 2.54. The molecule has 3 heterocycles. The molecular formula is C32H21Cl2N3O5S2. The fraction of sp³-hybridized carbons (Fsp3) is 0.125. The average molecular weight is 663 g/mol. The van der Waals surface area contributed by atoms with Crippen LogP contribution in [0.15, 0.2) is 94.7 Å². The number of anilines is 2. The number of amides is 3. The number of ether oxygens (including phenoxy) is 1. The lowest BCUT2D eigenvalue weighted by Crippen LogP contribution is -2.32. The van der Waals surface area contributed by atoms with Gasteiger partial charge >= 0.3 is 4.87 Å². The number of fused-ring (bicyclic) bond motifs is 3. The number of hydrogen-bond donors (Lipinski definition) is 2. The summed E-state index contributed by atoms with van der Waals surface area (Å²) in [5.41, 5.74) is 1.56. The van der Waals surface area contributed by atoms with Gasteiger partial charge in [-0.25, -0.2) is 4.90 Å². The fourth-order valence-corrected chi connectivity index (χ4v) is 8.57. The zero-order valence-corrected chi connectivity index (χ0v) is 25.7. The molecule has 0 radical (unpaired) electrons. The van der Waals surface area contributed by atoms with Gasteiger partial charge in [-0.05, 0) is 53.9 Å². The normalized spacial score (nSPS) is 19.1. The first kappa shape index (κ1) is 28.7. The summed E-state index contributed by atoms with van der Waals surface area (Å²) in [6.07, 6.45) is 0. The molecule has 3 amide bonds. The van der Waals surface area contributed by atoms with E-state index < -0.39 is 28.9 Å². The minimum absolute atomic E-state index is 0.305. The average Bonchev–Trinajstić information content (AvgIpc) is 3.51. The third-order valence-electron chi connectivity index (χ3n) is 7.64. The van der Waals surface area contributed by atoms with Gasteiger partial charge in [0.25, 0.3) is 5.91 Å². The summed E-state index contributed by atoms with van der Waals surface area (Å²) in [6, 6.07) is 24.7. The van der Waals surface area contributed by atoms with Crippen molar-refractivity contribution in [2.75, 3.05) is 16.8 Å². The van der Waals surface area contributed by atoms with Gasteiger partial charge in [0.2, 0.25) is 11.8 Å². The van der Waals surface area contributed by atoms with Crippen LogP contribution in [0.1, 0.15) is 16.4 Å². The maximum Gasteiger partial charge on any atom is 0.305 e. The molecule has 0 bridgehead atoms. The second-order valence-corrected chi connectivity index (χ2v) is 13.3. The minimum Gasteiger partial charge on any atom is -0.483 e. The van der Waals surface area contributed by atoms with E-state index in [1.807, 2.05) is 42.5 Å². The van der Waals surface area contributed by atoms with Gasteiger partial charge in [0, 0.05) is 37.5 Å². The molecule has 0 saturated carbocycles. The molecule has 7 rings (SSSR count). The third kappa shape index (κ3) is 5.07. The van der Waals surface area contributed by atoms with Gasteiger partial charge in [0.15, 0.2) is 6.61 Å². The van der Waals surface area contributed by atoms with Gasteiger partial charge in [-0.15, -0.1) is 0 Å². The fourth-order valence-electron chi connectivity index (χ4n) is 5.75. The van der Waals surface area contributed by atoms with E-state index >= 15 is 0 Å². The van der Waals surface area contributed by atoms with Gasteiger partial charge in [0.05, 0.1) is 16.6 Å². The summed E-state index contributed by atoms with van der Waals surface area (Å²) in [5.74, 6) is -2.46. The van der Waals surface area contributed by atoms with Crippen molar-refractivity contribution in [3.05, 3.63) is 115 Å². The number of aromatic nitrogens is 1. The summed E-state index contributed by atoms with van der Waals surface area (Å²) in [4.78, 5) is 57.6. The monoisotopic (exact) mass is 661 g/mol. The number of nitrogens with one attached hydrogen (secondary N) is 2. The number of carbonyl (C=O) groups excluding carboxylic acids is 3. The number of H-pyrrole nitrogens is 1. The lowest BCUT2D eigenvalue weighted by molar-refractivity contribution is -0.122. The van der Waals surface area contributed by atoms with Gasteiger partial charge < -0.3 is 15.0 Å². The zero-order valence-electron chi connectivity index (χ0n) is 22.6. The van der Waals surface area contributed by atoms with E-state index in [2.05, 4.69) is 10.3 Å². The number of hydrogen-bond acceptors (Lipinski definition) is 7. The molecule has 1 aromatic heterocycles. The highest BCUT2D eigenvalue weighted by atomic mass is 35.5. The number of nitrogens with zero attached hydrogens (tertiary/aromatic N) is 1. The predicted molar refractivity (Wildman–Crippen MR) is 173 cm³/mol. The third-order valence-corrected chi connectivity index (χ3v) is 10.5. The van der Waals surface area contributed by atoms with Crippen molar-refractivity contribution in [2.24, 2.45) is 5.92 Å². The van der Waals surface area contributed by atoms with Crippen LogP contribution < -0.4 is 19.8 Å². The van der Waals surface area contributed by atoms with Crippen molar-refractivity contribution in [3.8, 4) is 5.75 Å². The van der Waals surface area contributed by atoms with Crippen LogP contribution in [0.5, 0.6) is 5.75 Å². The second kappa shape index (κ2) is 11.4. The Morgan fingerprint density at radius 3 is 2.48 bits per heavy atom. The Morgan fingerprint density at radius 1 is 0.909 bits per heavy atom. The quantitative estimate of drug-likeness (QED) is 0.196. The van der Waals surface area contributed by atoms with Crippen LogP contribution in [0.3, 0.4) is 0 Å². The summed E-state index contributed by atoms with van der Waals surface area (Å²) in [6.45, 7) is -0.326. The zero-order chi connectivity index (χ0) is 30.5. The van der Waals surface area contributed by atoms with Crippen LogP contribution in [0.2, 0.25) is 10.0 Å². The van der Waals surface area contributed by atoms with E-state index in [4.69, 9.17) is 27.9 Å². The Hall–Kier alpha value is -4.09. The molecular weight excluding hydrogens is 641 g/mol. The summed E-state index contributed by atoms with van der Waals surface area (Å²) < 4.78 is 6.06. The molecule has 1 fully saturated rings. The molecule has 0 aliphatic carbocycles. The lowest BCUT2D eigenvalue weighted by Gasteiger charge is -2.31. The Bertz CT molecular complexity index is 2020. The lowest BCUT2D eigenvalue weighted by atomic mass is 9.82. The molecule has 3 atom stereocenters. The SMILES string of the molecule is O=C(COc1ccc(Cl)cc1[C@@H]1c2sc(=O)[nH]c2S[C@H]2C(=O)N(c3ccc(Cl)cc3)C(=O)[C@@H]12)Nc1cccc2ccccc12. The van der Waals surface area contributed by atoms with Crippen LogP contribution >= 0.6 is 46.3 Å². The van der Waals surface area contributed by atoms with Crippen molar-refractivity contribution in [1.29, 1.82) is 0 Å². The predicted octanol–water partition coefficient (Wildman–Crippen LogP) is 6.71. The number of benzene rings is 4. The van der Waals surface area contributed by atoms with Crippen LogP contribution in [0.4, 0.5) is 11.4 Å². The highest BCUT2D eigenvalue weighted by Gasteiger charge is 2.56. The van der Waals surface area contributed by atoms with Crippen molar-refractivity contribution < 1.29 is 19.1 Å². The van der Waals surface area contributed by atoms with E-state index in [1.165, 1.54) is 16.7 Å². The van der Waals surface area contributed by atoms with E-state index in [-0.39, 0.29) is 17.4 Å². The van der Waals surface area contributed by atoms with Gasteiger partial charge in [-0.3, -0.25) is 19.2 Å². The smallest absolute Gasteiger partial charge is 0.305 e. The second-order valence-electron chi connectivity index (χ2n) is 10.3. The van der Waals surface area contributed by atoms with Gasteiger partial charge in [-0.1, -0.05) is 82.7 Å². The first-order chi connectivity index (χ1) is 21.3. The largest absolute Gasteiger partial charge is 0.483 e. The Kier molecular flexibility index (Phi) is 7.45. The van der Waals surface area contributed by atoms with Crippen LogP contribution in [0, 0.1) is 5.92 Å². The Balaban J connectivity index is 1.23. The van der Waals surface area contributed by atoms with Gasteiger partial charge in [0.1, 0.15) is 11.0 Å². The van der Waals surface area contributed by atoms with Gasteiger partial charge in [-0.2, -0.15) is 0 Å². The molecule has 2 aliphatic heterocycles. The number of carbonyl (C=O) groups is 3. The van der Waals surface area contributed by atoms with E-state index in [0.29, 0.717) is 42.6 Å². The molecule has 4 aromatic carbocycles. The van der Waals surface area contributed by atoms with Crippen molar-refractivity contribution >= 4 is 86.2 Å². The van der Waals surface area contributed by atoms with Crippen LogP contribution in [-0.2, 0) is 14.4 Å². The summed E-state index contributed by atoms with van der Waals surface area (Å²) in [7, 11) is 0. The summed E-state index contributed by atoms with van der Waals surface area (Å²) in [5, 5.41) is 5.35. The van der Waals surface area contributed by atoms with E-state index in [0.717, 1.165) is 22.1 Å². The molecule has 44 heavy (non-hydrogen) atoms. The maximum absolute atomic E-state index is 14.0.